The standard InChI is InChI=1S/C17H23NO3/c1-12-8-10-13(11-9-12)15(19)18-17(2,16(20)21)14-6-4-3-5-7-14/h3-7,12-13H,8-11H2,1-2H3,(H,18,19)(H,20,21). The fourth-order valence-electron chi connectivity index (χ4n) is 2.89. The average molecular weight is 289 g/mol. The zero-order valence-electron chi connectivity index (χ0n) is 12.6. The molecule has 1 aromatic rings. The van der Waals surface area contributed by atoms with Crippen LogP contribution in [0.25, 0.3) is 0 Å². The van der Waals surface area contributed by atoms with Gasteiger partial charge in [-0.3, -0.25) is 4.79 Å². The Labute approximate surface area is 125 Å². The van der Waals surface area contributed by atoms with Crippen LogP contribution >= 0.6 is 0 Å². The molecule has 0 aliphatic heterocycles. The Morgan fingerprint density at radius 3 is 2.24 bits per heavy atom. The first kappa shape index (κ1) is 15.5. The minimum atomic E-state index is -1.37. The first-order chi connectivity index (χ1) is 9.93. The van der Waals surface area contributed by atoms with Crippen LogP contribution in [-0.2, 0) is 15.1 Å². The highest BCUT2D eigenvalue weighted by Crippen LogP contribution is 2.30. The Morgan fingerprint density at radius 1 is 1.14 bits per heavy atom. The molecule has 2 rings (SSSR count). The predicted octanol–water partition coefficient (Wildman–Crippen LogP) is 2.93. The van der Waals surface area contributed by atoms with E-state index in [2.05, 4.69) is 12.2 Å². The van der Waals surface area contributed by atoms with E-state index >= 15 is 0 Å². The van der Waals surface area contributed by atoms with Crippen molar-refractivity contribution < 1.29 is 14.7 Å². The van der Waals surface area contributed by atoms with E-state index in [0.29, 0.717) is 11.5 Å². The van der Waals surface area contributed by atoms with Crippen LogP contribution in [-0.4, -0.2) is 17.0 Å². The molecule has 2 N–H and O–H groups in total. The van der Waals surface area contributed by atoms with Gasteiger partial charge in [-0.05, 0) is 44.1 Å². The SMILES string of the molecule is CC1CCC(C(=O)NC(C)(C(=O)O)c2ccccc2)CC1. The van der Waals surface area contributed by atoms with Gasteiger partial charge in [0.2, 0.25) is 5.91 Å². The van der Waals surface area contributed by atoms with Gasteiger partial charge in [0.1, 0.15) is 0 Å². The molecule has 114 valence electrons. The molecule has 1 aromatic carbocycles. The molecular formula is C17H23NO3. The monoisotopic (exact) mass is 289 g/mol. The molecule has 4 heteroatoms. The maximum atomic E-state index is 12.4. The second kappa shape index (κ2) is 6.29. The second-order valence-corrected chi connectivity index (χ2v) is 6.24. The molecule has 21 heavy (non-hydrogen) atoms. The third-order valence-electron chi connectivity index (χ3n) is 4.54. The summed E-state index contributed by atoms with van der Waals surface area (Å²) in [7, 11) is 0. The molecule has 0 saturated heterocycles. The second-order valence-electron chi connectivity index (χ2n) is 6.24. The Hall–Kier alpha value is -1.84. The number of rotatable bonds is 4. The number of carbonyl (C=O) groups is 2. The summed E-state index contributed by atoms with van der Waals surface area (Å²) in [5, 5.41) is 12.3. The third-order valence-corrected chi connectivity index (χ3v) is 4.54. The zero-order chi connectivity index (χ0) is 15.5. The van der Waals surface area contributed by atoms with Crippen LogP contribution in [0.1, 0.15) is 45.1 Å². The Bertz CT molecular complexity index is 506. The highest BCUT2D eigenvalue weighted by atomic mass is 16.4. The van der Waals surface area contributed by atoms with Crippen molar-refractivity contribution in [2.24, 2.45) is 11.8 Å². The van der Waals surface area contributed by atoms with Crippen molar-refractivity contribution in [3.05, 3.63) is 35.9 Å². The summed E-state index contributed by atoms with van der Waals surface area (Å²) in [5.74, 6) is -0.584. The maximum absolute atomic E-state index is 12.4. The van der Waals surface area contributed by atoms with Crippen LogP contribution in [0.15, 0.2) is 30.3 Å². The fraction of sp³-hybridized carbons (Fsp3) is 0.529. The molecule has 0 spiro atoms. The normalized spacial score (nSPS) is 24.9. The van der Waals surface area contributed by atoms with Crippen molar-refractivity contribution >= 4 is 11.9 Å². The summed E-state index contributed by atoms with van der Waals surface area (Å²) < 4.78 is 0. The number of nitrogens with one attached hydrogen (secondary N) is 1. The molecule has 4 nitrogen and oxygen atoms in total. The van der Waals surface area contributed by atoms with Crippen molar-refractivity contribution in [1.82, 2.24) is 5.32 Å². The molecular weight excluding hydrogens is 266 g/mol. The summed E-state index contributed by atoms with van der Waals surface area (Å²) in [5.41, 5.74) is -0.781. The highest BCUT2D eigenvalue weighted by molar-refractivity contribution is 5.88. The first-order valence-electron chi connectivity index (χ1n) is 7.54. The van der Waals surface area contributed by atoms with Crippen LogP contribution in [0.2, 0.25) is 0 Å². The molecule has 1 saturated carbocycles. The van der Waals surface area contributed by atoms with Gasteiger partial charge in [-0.1, -0.05) is 37.3 Å². The summed E-state index contributed by atoms with van der Waals surface area (Å²) in [4.78, 5) is 24.1. The van der Waals surface area contributed by atoms with E-state index in [4.69, 9.17) is 0 Å². The number of hydrogen-bond donors (Lipinski definition) is 2. The minimum absolute atomic E-state index is 0.0661. The number of amides is 1. The molecule has 1 amide bonds. The lowest BCUT2D eigenvalue weighted by molar-refractivity contribution is -0.148. The first-order valence-corrected chi connectivity index (χ1v) is 7.54. The largest absolute Gasteiger partial charge is 0.479 e. The summed E-state index contributed by atoms with van der Waals surface area (Å²) in [6.45, 7) is 3.74. The number of carbonyl (C=O) groups excluding carboxylic acids is 1. The fourth-order valence-corrected chi connectivity index (χ4v) is 2.89. The van der Waals surface area contributed by atoms with Gasteiger partial charge in [0.15, 0.2) is 5.54 Å². The van der Waals surface area contributed by atoms with E-state index in [9.17, 15) is 14.7 Å². The van der Waals surface area contributed by atoms with Crippen LogP contribution in [0.3, 0.4) is 0 Å². The van der Waals surface area contributed by atoms with E-state index in [1.54, 1.807) is 31.2 Å². The van der Waals surface area contributed by atoms with Gasteiger partial charge < -0.3 is 10.4 Å². The lowest BCUT2D eigenvalue weighted by atomic mass is 9.81. The summed E-state index contributed by atoms with van der Waals surface area (Å²) >= 11 is 0. The van der Waals surface area contributed by atoms with Crippen molar-refractivity contribution in [2.45, 2.75) is 45.1 Å². The molecule has 0 bridgehead atoms. The van der Waals surface area contributed by atoms with Crippen molar-refractivity contribution in [1.29, 1.82) is 0 Å². The number of hydrogen-bond acceptors (Lipinski definition) is 2. The number of benzene rings is 1. The lowest BCUT2D eigenvalue weighted by Crippen LogP contribution is -2.51. The van der Waals surface area contributed by atoms with E-state index < -0.39 is 11.5 Å². The van der Waals surface area contributed by atoms with Gasteiger partial charge in [0, 0.05) is 5.92 Å². The van der Waals surface area contributed by atoms with E-state index in [-0.39, 0.29) is 11.8 Å². The molecule has 1 unspecified atom stereocenters. The lowest BCUT2D eigenvalue weighted by Gasteiger charge is -2.31. The van der Waals surface area contributed by atoms with E-state index in [0.717, 1.165) is 25.7 Å². The number of carboxylic acids is 1. The van der Waals surface area contributed by atoms with Gasteiger partial charge in [0.25, 0.3) is 0 Å². The quantitative estimate of drug-likeness (QED) is 0.895. The van der Waals surface area contributed by atoms with Crippen molar-refractivity contribution in [2.75, 3.05) is 0 Å². The van der Waals surface area contributed by atoms with Gasteiger partial charge >= 0.3 is 5.97 Å². The molecule has 1 aliphatic carbocycles. The minimum Gasteiger partial charge on any atom is -0.479 e. The Balaban J connectivity index is 2.13. The van der Waals surface area contributed by atoms with Gasteiger partial charge in [-0.25, -0.2) is 4.79 Å². The van der Waals surface area contributed by atoms with Crippen LogP contribution in [0.4, 0.5) is 0 Å². The van der Waals surface area contributed by atoms with Crippen LogP contribution < -0.4 is 5.32 Å². The van der Waals surface area contributed by atoms with Gasteiger partial charge in [0.05, 0.1) is 0 Å². The molecule has 0 aromatic heterocycles. The maximum Gasteiger partial charge on any atom is 0.333 e. The summed E-state index contributed by atoms with van der Waals surface area (Å²) in [6, 6.07) is 8.86. The topological polar surface area (TPSA) is 66.4 Å². The van der Waals surface area contributed by atoms with Gasteiger partial charge in [-0.15, -0.1) is 0 Å². The van der Waals surface area contributed by atoms with E-state index in [1.165, 1.54) is 0 Å². The number of carboxylic acid groups (broad SMARTS) is 1. The van der Waals surface area contributed by atoms with Crippen LogP contribution in [0.5, 0.6) is 0 Å². The highest BCUT2D eigenvalue weighted by Gasteiger charge is 2.38. The Morgan fingerprint density at radius 2 is 1.71 bits per heavy atom. The smallest absolute Gasteiger partial charge is 0.333 e. The Kier molecular flexibility index (Phi) is 4.66. The average Bonchev–Trinajstić information content (AvgIpc) is 2.48. The molecule has 1 atom stereocenters. The molecule has 1 fully saturated rings. The molecule has 0 radical (unpaired) electrons. The van der Waals surface area contributed by atoms with Gasteiger partial charge in [-0.2, -0.15) is 0 Å². The zero-order valence-corrected chi connectivity index (χ0v) is 12.6. The molecule has 0 heterocycles. The predicted molar refractivity (Wildman–Crippen MR) is 80.7 cm³/mol. The number of aliphatic carboxylic acids is 1. The molecule has 1 aliphatic rings. The summed E-state index contributed by atoms with van der Waals surface area (Å²) in [6.07, 6.45) is 3.76. The van der Waals surface area contributed by atoms with Crippen molar-refractivity contribution in [3.8, 4) is 0 Å². The van der Waals surface area contributed by atoms with E-state index in [1.807, 2.05) is 6.07 Å². The third kappa shape index (κ3) is 3.43. The van der Waals surface area contributed by atoms with Crippen LogP contribution in [0, 0.1) is 11.8 Å². The van der Waals surface area contributed by atoms with Crippen molar-refractivity contribution in [3.63, 3.8) is 0 Å².